The summed E-state index contributed by atoms with van der Waals surface area (Å²) in [7, 11) is -3.91. The van der Waals surface area contributed by atoms with Gasteiger partial charge in [0.05, 0.1) is 12.2 Å². The monoisotopic (exact) mass is 522 g/mol. The van der Waals surface area contributed by atoms with E-state index in [9.17, 15) is 13.2 Å². The lowest BCUT2D eigenvalue weighted by atomic mass is 9.62. The second-order valence-electron chi connectivity index (χ2n) is 9.64. The van der Waals surface area contributed by atoms with Crippen LogP contribution in [0.1, 0.15) is 62.3 Å². The van der Waals surface area contributed by atoms with Crippen LogP contribution in [-0.4, -0.2) is 40.3 Å². The van der Waals surface area contributed by atoms with E-state index >= 15 is 0 Å². The summed E-state index contributed by atoms with van der Waals surface area (Å²) in [6, 6.07) is 18.3. The van der Waals surface area contributed by atoms with Crippen LogP contribution >= 0.6 is 0 Å². The van der Waals surface area contributed by atoms with E-state index in [4.69, 9.17) is 5.11 Å². The van der Waals surface area contributed by atoms with Crippen LogP contribution < -0.4 is 5.32 Å². The SMILES string of the molecule is CCCCC1(c2ccc(CN(Cc3cccc(NCC(=O)O)n3)S(=O)(=O)c3ccccn3)cc2)CCC1. The molecule has 0 amide bonds. The van der Waals surface area contributed by atoms with Gasteiger partial charge in [0, 0.05) is 12.7 Å². The van der Waals surface area contributed by atoms with E-state index < -0.39 is 16.0 Å². The molecule has 0 bridgehead atoms. The molecule has 1 saturated carbocycles. The Kier molecular flexibility index (Phi) is 8.56. The summed E-state index contributed by atoms with van der Waals surface area (Å²) >= 11 is 0. The van der Waals surface area contributed by atoms with Crippen LogP contribution in [-0.2, 0) is 33.3 Å². The molecule has 1 aliphatic rings. The molecule has 0 spiro atoms. The molecule has 1 aromatic carbocycles. The number of benzene rings is 1. The number of aromatic nitrogens is 2. The first-order valence-electron chi connectivity index (χ1n) is 12.7. The number of anilines is 1. The molecule has 2 N–H and O–H groups in total. The number of hydrogen-bond acceptors (Lipinski definition) is 6. The average Bonchev–Trinajstić information content (AvgIpc) is 2.88. The fourth-order valence-corrected chi connectivity index (χ4v) is 6.17. The summed E-state index contributed by atoms with van der Waals surface area (Å²) in [6.07, 6.45) is 8.74. The molecule has 0 radical (unpaired) electrons. The van der Waals surface area contributed by atoms with Crippen molar-refractivity contribution < 1.29 is 18.3 Å². The van der Waals surface area contributed by atoms with Crippen molar-refractivity contribution in [1.29, 1.82) is 0 Å². The van der Waals surface area contributed by atoms with Crippen molar-refractivity contribution in [2.45, 2.75) is 69.0 Å². The maximum absolute atomic E-state index is 13.6. The number of sulfonamides is 1. The van der Waals surface area contributed by atoms with Gasteiger partial charge in [0.2, 0.25) is 0 Å². The van der Waals surface area contributed by atoms with Gasteiger partial charge in [-0.2, -0.15) is 4.31 Å². The third-order valence-corrected chi connectivity index (χ3v) is 8.76. The minimum atomic E-state index is -3.91. The van der Waals surface area contributed by atoms with E-state index in [0.29, 0.717) is 11.5 Å². The first kappa shape index (κ1) is 26.8. The molecule has 1 aliphatic carbocycles. The molecule has 0 unspecified atom stereocenters. The number of hydrogen-bond donors (Lipinski definition) is 2. The second kappa shape index (κ2) is 11.8. The van der Waals surface area contributed by atoms with Crippen LogP contribution in [0.4, 0.5) is 5.82 Å². The molecule has 9 heteroatoms. The zero-order valence-corrected chi connectivity index (χ0v) is 22.0. The minimum absolute atomic E-state index is 0.0175. The highest BCUT2D eigenvalue weighted by molar-refractivity contribution is 7.89. The molecule has 2 aromatic heterocycles. The number of rotatable bonds is 13. The molecule has 4 rings (SSSR count). The molecule has 3 aromatic rings. The van der Waals surface area contributed by atoms with Gasteiger partial charge >= 0.3 is 5.97 Å². The fourth-order valence-electron chi connectivity index (χ4n) is 4.84. The van der Waals surface area contributed by atoms with Gasteiger partial charge in [0.15, 0.2) is 5.03 Å². The molecule has 0 aliphatic heterocycles. The zero-order valence-electron chi connectivity index (χ0n) is 21.1. The number of carboxylic acids is 1. The van der Waals surface area contributed by atoms with Gasteiger partial charge in [-0.05, 0) is 60.1 Å². The number of unbranched alkanes of at least 4 members (excludes halogenated alkanes) is 1. The van der Waals surface area contributed by atoms with Gasteiger partial charge in [-0.15, -0.1) is 0 Å². The topological polar surface area (TPSA) is 112 Å². The van der Waals surface area contributed by atoms with Crippen LogP contribution in [0.3, 0.4) is 0 Å². The van der Waals surface area contributed by atoms with Crippen molar-refractivity contribution in [2.75, 3.05) is 11.9 Å². The van der Waals surface area contributed by atoms with Crippen molar-refractivity contribution in [3.63, 3.8) is 0 Å². The Labute approximate surface area is 218 Å². The van der Waals surface area contributed by atoms with Crippen LogP contribution in [0.2, 0.25) is 0 Å². The summed E-state index contributed by atoms with van der Waals surface area (Å²) in [6.45, 7) is 2.12. The molecular weight excluding hydrogens is 488 g/mol. The second-order valence-corrected chi connectivity index (χ2v) is 11.5. The molecule has 8 nitrogen and oxygen atoms in total. The molecule has 1 fully saturated rings. The maximum Gasteiger partial charge on any atom is 0.322 e. The van der Waals surface area contributed by atoms with Gasteiger partial charge in [0.25, 0.3) is 10.0 Å². The van der Waals surface area contributed by atoms with E-state index in [1.807, 2.05) is 12.1 Å². The Hall–Kier alpha value is -3.30. The Bertz CT molecular complexity index is 1290. The van der Waals surface area contributed by atoms with Crippen LogP contribution in [0.25, 0.3) is 0 Å². The predicted molar refractivity (Wildman–Crippen MR) is 143 cm³/mol. The standard InChI is InChI=1S/C28H34N4O4S/c1-2-3-15-28(16-7-17-28)23-13-11-22(12-14-23)20-32(37(35,36)26-10-4-5-18-29-26)21-24-8-6-9-25(31-24)30-19-27(33)34/h4-6,8-14,18H,2-3,7,15-17,19-21H2,1H3,(H,30,31)(H,33,34). The number of carbonyl (C=O) groups is 1. The van der Waals surface area contributed by atoms with E-state index in [2.05, 4.69) is 34.3 Å². The normalized spacial score (nSPS) is 14.8. The largest absolute Gasteiger partial charge is 0.480 e. The van der Waals surface area contributed by atoms with Crippen LogP contribution in [0.5, 0.6) is 0 Å². The van der Waals surface area contributed by atoms with Crippen molar-refractivity contribution in [1.82, 2.24) is 14.3 Å². The quantitative estimate of drug-likeness (QED) is 0.326. The lowest BCUT2D eigenvalue weighted by Crippen LogP contribution is -2.34. The number of pyridine rings is 2. The highest BCUT2D eigenvalue weighted by Gasteiger charge is 2.37. The minimum Gasteiger partial charge on any atom is -0.480 e. The predicted octanol–water partition coefficient (Wildman–Crippen LogP) is 4.98. The van der Waals surface area contributed by atoms with E-state index in [1.54, 1.807) is 30.3 Å². The highest BCUT2D eigenvalue weighted by atomic mass is 32.2. The van der Waals surface area contributed by atoms with E-state index in [1.165, 1.54) is 60.7 Å². The van der Waals surface area contributed by atoms with Crippen molar-refractivity contribution in [2.24, 2.45) is 0 Å². The van der Waals surface area contributed by atoms with Gasteiger partial charge in [-0.25, -0.2) is 18.4 Å². The Morgan fingerprint density at radius 1 is 1.05 bits per heavy atom. The molecule has 37 heavy (non-hydrogen) atoms. The van der Waals surface area contributed by atoms with Crippen molar-refractivity contribution in [3.05, 3.63) is 83.7 Å². The maximum atomic E-state index is 13.6. The summed E-state index contributed by atoms with van der Waals surface area (Å²) in [5.41, 5.74) is 2.99. The Balaban J connectivity index is 1.58. The molecule has 0 saturated heterocycles. The molecular formula is C28H34N4O4S. The lowest BCUT2D eigenvalue weighted by Gasteiger charge is -2.43. The molecule has 196 valence electrons. The summed E-state index contributed by atoms with van der Waals surface area (Å²) < 4.78 is 28.5. The van der Waals surface area contributed by atoms with E-state index in [0.717, 1.165) is 5.56 Å². The van der Waals surface area contributed by atoms with Crippen LogP contribution in [0, 0.1) is 0 Å². The number of nitrogens with one attached hydrogen (secondary N) is 1. The van der Waals surface area contributed by atoms with Crippen LogP contribution in [0.15, 0.2) is 71.9 Å². The first-order valence-corrected chi connectivity index (χ1v) is 14.2. The number of aliphatic carboxylic acids is 1. The molecule has 0 atom stereocenters. The number of nitrogens with zero attached hydrogens (tertiary/aromatic N) is 3. The molecule has 2 heterocycles. The zero-order chi connectivity index (χ0) is 26.3. The summed E-state index contributed by atoms with van der Waals surface area (Å²) in [5, 5.41) is 11.6. The summed E-state index contributed by atoms with van der Waals surface area (Å²) in [5.74, 6) is -0.634. The number of carboxylic acid groups (broad SMARTS) is 1. The first-order chi connectivity index (χ1) is 17.8. The van der Waals surface area contributed by atoms with Crippen molar-refractivity contribution in [3.8, 4) is 0 Å². The van der Waals surface area contributed by atoms with Crippen molar-refractivity contribution >= 4 is 21.8 Å². The van der Waals surface area contributed by atoms with Gasteiger partial charge in [-0.1, -0.05) is 62.6 Å². The fraction of sp³-hybridized carbons (Fsp3) is 0.393. The highest BCUT2D eigenvalue weighted by Crippen LogP contribution is 2.47. The van der Waals surface area contributed by atoms with Gasteiger partial charge < -0.3 is 10.4 Å². The van der Waals surface area contributed by atoms with Gasteiger partial charge in [-0.3, -0.25) is 4.79 Å². The Morgan fingerprint density at radius 2 is 1.84 bits per heavy atom. The lowest BCUT2D eigenvalue weighted by molar-refractivity contribution is -0.134. The Morgan fingerprint density at radius 3 is 2.46 bits per heavy atom. The average molecular weight is 523 g/mol. The third-order valence-electron chi connectivity index (χ3n) is 7.05. The van der Waals surface area contributed by atoms with E-state index in [-0.39, 0.29) is 30.1 Å². The summed E-state index contributed by atoms with van der Waals surface area (Å²) in [4.78, 5) is 19.4. The smallest absolute Gasteiger partial charge is 0.322 e. The third kappa shape index (κ3) is 6.53. The van der Waals surface area contributed by atoms with Gasteiger partial charge in [0.1, 0.15) is 12.4 Å².